The van der Waals surface area contributed by atoms with Crippen LogP contribution in [0.5, 0.6) is 0 Å². The Balaban J connectivity index is 2.01. The number of carbonyl (C=O) groups excluding carboxylic acids is 1. The van der Waals surface area contributed by atoms with Crippen LogP contribution in [-0.4, -0.2) is 42.0 Å². The maximum atomic E-state index is 13.0. The quantitative estimate of drug-likeness (QED) is 0.893. The zero-order chi connectivity index (χ0) is 15.7. The first kappa shape index (κ1) is 15.4. The second-order valence-electron chi connectivity index (χ2n) is 5.85. The van der Waals surface area contributed by atoms with E-state index in [4.69, 9.17) is 0 Å². The maximum absolute atomic E-state index is 13.0. The Morgan fingerprint density at radius 3 is 3.00 bits per heavy atom. The van der Waals surface area contributed by atoms with Gasteiger partial charge in [0.05, 0.1) is 11.1 Å². The number of aromatic nitrogens is 1. The number of likely N-dealkylation sites (N-methyl/N-ethyl adjacent to an activating group) is 1. The lowest BCUT2D eigenvalue weighted by atomic mass is 10.0. The zero-order valence-electron chi connectivity index (χ0n) is 12.9. The van der Waals surface area contributed by atoms with Crippen molar-refractivity contribution in [3.63, 3.8) is 0 Å². The summed E-state index contributed by atoms with van der Waals surface area (Å²) in [5.74, 6) is 0.105. The van der Waals surface area contributed by atoms with Gasteiger partial charge in [-0.2, -0.15) is 0 Å². The fourth-order valence-electron chi connectivity index (χ4n) is 3.07. The number of hydrogen-bond acceptors (Lipinski definition) is 3. The molecule has 116 valence electrons. The van der Waals surface area contributed by atoms with Crippen LogP contribution >= 0.6 is 15.9 Å². The molecule has 2 aromatic rings. The minimum Gasteiger partial charge on any atom is -0.337 e. The molecule has 1 fully saturated rings. The standard InChI is InChI=1S/C17H20BrN3O/c1-11-8-15(14-9-12(18)5-6-16(14)20-11)17(22)21-7-3-4-13(10-21)19-2/h5-6,8-9,13,19H,3-4,7,10H2,1-2H3. The fourth-order valence-corrected chi connectivity index (χ4v) is 3.44. The summed E-state index contributed by atoms with van der Waals surface area (Å²) in [7, 11) is 1.96. The summed E-state index contributed by atoms with van der Waals surface area (Å²) in [6.07, 6.45) is 2.17. The van der Waals surface area contributed by atoms with Gasteiger partial charge in [0.2, 0.25) is 0 Å². The number of benzene rings is 1. The number of piperidine rings is 1. The molecule has 1 aliphatic rings. The number of nitrogens with one attached hydrogen (secondary N) is 1. The molecule has 1 unspecified atom stereocenters. The first-order valence-electron chi connectivity index (χ1n) is 7.62. The molecule has 1 saturated heterocycles. The monoisotopic (exact) mass is 361 g/mol. The highest BCUT2D eigenvalue weighted by Gasteiger charge is 2.25. The summed E-state index contributed by atoms with van der Waals surface area (Å²) < 4.78 is 0.964. The Kier molecular flexibility index (Phi) is 4.45. The summed E-state index contributed by atoms with van der Waals surface area (Å²) in [6.45, 7) is 3.53. The summed E-state index contributed by atoms with van der Waals surface area (Å²) in [5.41, 5.74) is 2.50. The number of fused-ring (bicyclic) bond motifs is 1. The van der Waals surface area contributed by atoms with E-state index in [2.05, 4.69) is 26.2 Å². The van der Waals surface area contributed by atoms with E-state index in [1.807, 2.05) is 43.1 Å². The number of carbonyl (C=O) groups is 1. The van der Waals surface area contributed by atoms with E-state index in [9.17, 15) is 4.79 Å². The van der Waals surface area contributed by atoms with E-state index in [1.54, 1.807) is 0 Å². The molecule has 0 saturated carbocycles. The number of amides is 1. The molecule has 22 heavy (non-hydrogen) atoms. The molecule has 0 radical (unpaired) electrons. The third-order valence-corrected chi connectivity index (χ3v) is 4.74. The van der Waals surface area contributed by atoms with Crippen LogP contribution in [0.1, 0.15) is 28.9 Å². The van der Waals surface area contributed by atoms with Crippen LogP contribution in [0.15, 0.2) is 28.7 Å². The van der Waals surface area contributed by atoms with Crippen molar-refractivity contribution in [1.29, 1.82) is 0 Å². The first-order valence-corrected chi connectivity index (χ1v) is 8.41. The van der Waals surface area contributed by atoms with Gasteiger partial charge in [-0.3, -0.25) is 9.78 Å². The molecule has 3 rings (SSSR count). The van der Waals surface area contributed by atoms with Crippen LogP contribution in [0.2, 0.25) is 0 Å². The van der Waals surface area contributed by atoms with Gasteiger partial charge >= 0.3 is 0 Å². The lowest BCUT2D eigenvalue weighted by Crippen LogP contribution is -2.47. The van der Waals surface area contributed by atoms with Gasteiger partial charge in [-0.1, -0.05) is 15.9 Å². The predicted molar refractivity (Wildman–Crippen MR) is 92.2 cm³/mol. The minimum absolute atomic E-state index is 0.105. The van der Waals surface area contributed by atoms with Gasteiger partial charge in [0, 0.05) is 34.7 Å². The van der Waals surface area contributed by atoms with E-state index in [-0.39, 0.29) is 5.91 Å². The molecule has 1 N–H and O–H groups in total. The van der Waals surface area contributed by atoms with E-state index < -0.39 is 0 Å². The Morgan fingerprint density at radius 1 is 1.41 bits per heavy atom. The summed E-state index contributed by atoms with van der Waals surface area (Å²) in [5, 5.41) is 4.20. The third kappa shape index (κ3) is 3.01. The van der Waals surface area contributed by atoms with Gasteiger partial charge in [-0.25, -0.2) is 0 Å². The predicted octanol–water partition coefficient (Wildman–Crippen LogP) is 3.13. The van der Waals surface area contributed by atoms with Crippen molar-refractivity contribution >= 4 is 32.7 Å². The topological polar surface area (TPSA) is 45.2 Å². The van der Waals surface area contributed by atoms with E-state index >= 15 is 0 Å². The highest BCUT2D eigenvalue weighted by molar-refractivity contribution is 9.10. The highest BCUT2D eigenvalue weighted by Crippen LogP contribution is 2.25. The van der Waals surface area contributed by atoms with E-state index in [1.165, 1.54) is 0 Å². The van der Waals surface area contributed by atoms with Gasteiger partial charge in [0.1, 0.15) is 0 Å². The minimum atomic E-state index is 0.105. The first-order chi connectivity index (χ1) is 10.6. The normalized spacial score (nSPS) is 18.7. The fraction of sp³-hybridized carbons (Fsp3) is 0.412. The van der Waals surface area contributed by atoms with Gasteiger partial charge < -0.3 is 10.2 Å². The average molecular weight is 362 g/mol. The van der Waals surface area contributed by atoms with E-state index in [0.717, 1.165) is 52.6 Å². The van der Waals surface area contributed by atoms with Crippen molar-refractivity contribution in [2.24, 2.45) is 0 Å². The van der Waals surface area contributed by atoms with Gasteiger partial charge in [-0.15, -0.1) is 0 Å². The van der Waals surface area contributed by atoms with Gasteiger partial charge in [0.15, 0.2) is 0 Å². The molecule has 0 aliphatic carbocycles. The molecule has 5 heteroatoms. The lowest BCUT2D eigenvalue weighted by Gasteiger charge is -2.33. The Hall–Kier alpha value is -1.46. The smallest absolute Gasteiger partial charge is 0.254 e. The zero-order valence-corrected chi connectivity index (χ0v) is 14.5. The van der Waals surface area contributed by atoms with Crippen LogP contribution in [0.3, 0.4) is 0 Å². The molecule has 1 atom stereocenters. The van der Waals surface area contributed by atoms with Crippen LogP contribution in [-0.2, 0) is 0 Å². The van der Waals surface area contributed by atoms with E-state index in [0.29, 0.717) is 6.04 Å². The Labute approximate surface area is 139 Å². The molecule has 2 heterocycles. The van der Waals surface area contributed by atoms with Crippen molar-refractivity contribution in [2.45, 2.75) is 25.8 Å². The molecule has 1 aromatic heterocycles. The number of hydrogen-bond donors (Lipinski definition) is 1. The molecular weight excluding hydrogens is 342 g/mol. The van der Waals surface area contributed by atoms with Crippen molar-refractivity contribution in [1.82, 2.24) is 15.2 Å². The number of pyridine rings is 1. The molecule has 1 aromatic carbocycles. The van der Waals surface area contributed by atoms with Crippen molar-refractivity contribution in [2.75, 3.05) is 20.1 Å². The highest BCUT2D eigenvalue weighted by atomic mass is 79.9. The van der Waals surface area contributed by atoms with Crippen LogP contribution in [0.25, 0.3) is 10.9 Å². The second-order valence-corrected chi connectivity index (χ2v) is 6.77. The molecule has 1 aliphatic heterocycles. The number of likely N-dealkylation sites (tertiary alicyclic amines) is 1. The number of rotatable bonds is 2. The second kappa shape index (κ2) is 6.34. The van der Waals surface area contributed by atoms with Crippen molar-refractivity contribution < 1.29 is 4.79 Å². The summed E-state index contributed by atoms with van der Waals surface area (Å²) in [6, 6.07) is 8.18. The SMILES string of the molecule is CNC1CCCN(C(=O)c2cc(C)nc3ccc(Br)cc23)C1. The Morgan fingerprint density at radius 2 is 2.23 bits per heavy atom. The molecule has 0 bridgehead atoms. The Bertz CT molecular complexity index is 716. The summed E-state index contributed by atoms with van der Waals surface area (Å²) >= 11 is 3.49. The van der Waals surface area contributed by atoms with Crippen molar-refractivity contribution in [3.8, 4) is 0 Å². The van der Waals surface area contributed by atoms with Crippen molar-refractivity contribution in [3.05, 3.63) is 40.0 Å². The van der Waals surface area contributed by atoms with Crippen LogP contribution < -0.4 is 5.32 Å². The molecular formula is C17H20BrN3O. The van der Waals surface area contributed by atoms with Gasteiger partial charge in [-0.05, 0) is 51.1 Å². The average Bonchev–Trinajstić information content (AvgIpc) is 2.54. The molecule has 0 spiro atoms. The third-order valence-electron chi connectivity index (χ3n) is 4.25. The number of nitrogens with zero attached hydrogens (tertiary/aromatic N) is 2. The van der Waals surface area contributed by atoms with Gasteiger partial charge in [0.25, 0.3) is 5.91 Å². The maximum Gasteiger partial charge on any atom is 0.254 e. The largest absolute Gasteiger partial charge is 0.337 e. The lowest BCUT2D eigenvalue weighted by molar-refractivity contribution is 0.0700. The summed E-state index contributed by atoms with van der Waals surface area (Å²) in [4.78, 5) is 19.5. The number of halogens is 1. The van der Waals surface area contributed by atoms with Crippen LogP contribution in [0, 0.1) is 6.92 Å². The van der Waals surface area contributed by atoms with Crippen LogP contribution in [0.4, 0.5) is 0 Å². The number of aryl methyl sites for hydroxylation is 1. The molecule has 1 amide bonds. The molecule has 4 nitrogen and oxygen atoms in total.